The molecule has 0 fully saturated rings. The third-order valence-corrected chi connectivity index (χ3v) is 6.54. The second kappa shape index (κ2) is 7.14. The van der Waals surface area contributed by atoms with Gasteiger partial charge >= 0.3 is 0 Å². The molecule has 1 aliphatic rings. The molecule has 0 unspecified atom stereocenters. The average molecular weight is 370 g/mol. The summed E-state index contributed by atoms with van der Waals surface area (Å²) in [5.74, 6) is 0.453. The second-order valence-electron chi connectivity index (χ2n) is 6.23. The van der Waals surface area contributed by atoms with Gasteiger partial charge in [-0.1, -0.05) is 29.5 Å². The van der Waals surface area contributed by atoms with Gasteiger partial charge in [0.25, 0.3) is 5.91 Å². The number of nitrogens with zero attached hydrogens (tertiary/aromatic N) is 2. The molecule has 25 heavy (non-hydrogen) atoms. The van der Waals surface area contributed by atoms with Crippen LogP contribution in [0.2, 0.25) is 0 Å². The van der Waals surface area contributed by atoms with E-state index in [1.54, 1.807) is 29.4 Å². The van der Waals surface area contributed by atoms with E-state index < -0.39 is 0 Å². The molecule has 1 aromatic carbocycles. The van der Waals surface area contributed by atoms with E-state index >= 15 is 0 Å². The van der Waals surface area contributed by atoms with Crippen LogP contribution in [0, 0.1) is 6.92 Å². The molecule has 0 atom stereocenters. The Balaban J connectivity index is 1.49. The Morgan fingerprint density at radius 1 is 1.20 bits per heavy atom. The molecule has 0 spiro atoms. The molecule has 128 valence electrons. The normalized spacial score (nSPS) is 13.6. The number of carbonyl (C=O) groups excluding carboxylic acids is 1. The number of rotatable bonds is 4. The summed E-state index contributed by atoms with van der Waals surface area (Å²) in [6.45, 7) is 2.01. The zero-order valence-electron chi connectivity index (χ0n) is 14.0. The molecule has 4 rings (SSSR count). The topological polar surface area (TPSA) is 54.9 Å². The maximum absolute atomic E-state index is 12.2. The fourth-order valence-corrected chi connectivity index (χ4v) is 5.27. The highest BCUT2D eigenvalue weighted by molar-refractivity contribution is 7.99. The molecule has 1 N–H and O–H groups in total. The first-order chi connectivity index (χ1) is 12.2. The van der Waals surface area contributed by atoms with Crippen LogP contribution in [0.25, 0.3) is 10.2 Å². The Labute approximate surface area is 155 Å². The van der Waals surface area contributed by atoms with Gasteiger partial charge in [-0.05, 0) is 50.3 Å². The number of benzene rings is 1. The summed E-state index contributed by atoms with van der Waals surface area (Å²) in [6, 6.07) is 7.61. The molecule has 1 aliphatic carbocycles. The Morgan fingerprint density at radius 2 is 2.00 bits per heavy atom. The molecule has 1 amide bonds. The lowest BCUT2D eigenvalue weighted by molar-refractivity contribution is 0.0961. The minimum Gasteiger partial charge on any atom is -0.343 e. The predicted molar refractivity (Wildman–Crippen MR) is 103 cm³/mol. The van der Waals surface area contributed by atoms with Gasteiger partial charge in [0.1, 0.15) is 16.2 Å². The number of thioether (sulfide) groups is 1. The van der Waals surface area contributed by atoms with E-state index in [2.05, 4.69) is 15.3 Å². The summed E-state index contributed by atoms with van der Waals surface area (Å²) in [7, 11) is 0. The lowest BCUT2D eigenvalue weighted by atomic mass is 9.97. The molecular weight excluding hydrogens is 350 g/mol. The summed E-state index contributed by atoms with van der Waals surface area (Å²) < 4.78 is 0. The van der Waals surface area contributed by atoms with Crippen molar-refractivity contribution in [3.8, 4) is 0 Å². The largest absolute Gasteiger partial charge is 0.343 e. The smallest absolute Gasteiger partial charge is 0.251 e. The van der Waals surface area contributed by atoms with Crippen molar-refractivity contribution in [2.75, 3.05) is 5.88 Å². The molecule has 0 bridgehead atoms. The first-order valence-corrected chi connectivity index (χ1v) is 10.3. The Morgan fingerprint density at radius 3 is 2.84 bits per heavy atom. The quantitative estimate of drug-likeness (QED) is 0.422. The fourth-order valence-electron chi connectivity index (χ4n) is 3.15. The molecule has 0 saturated carbocycles. The van der Waals surface area contributed by atoms with E-state index in [1.165, 1.54) is 28.7 Å². The molecule has 0 radical (unpaired) electrons. The molecule has 2 aromatic heterocycles. The molecule has 3 aromatic rings. The molecule has 0 saturated heterocycles. The highest BCUT2D eigenvalue weighted by atomic mass is 32.2. The van der Waals surface area contributed by atoms with Crippen molar-refractivity contribution in [3.63, 3.8) is 0 Å². The second-order valence-corrected chi connectivity index (χ2v) is 8.28. The lowest BCUT2D eigenvalue weighted by Crippen LogP contribution is -2.22. The van der Waals surface area contributed by atoms with Crippen LogP contribution in [0.15, 0.2) is 35.6 Å². The maximum Gasteiger partial charge on any atom is 0.251 e. The minimum atomic E-state index is -0.0508. The van der Waals surface area contributed by atoms with Crippen molar-refractivity contribution in [3.05, 3.63) is 52.2 Å². The molecule has 4 nitrogen and oxygen atoms in total. The van der Waals surface area contributed by atoms with Crippen LogP contribution in [0.5, 0.6) is 0 Å². The van der Waals surface area contributed by atoms with E-state index in [0.29, 0.717) is 11.4 Å². The predicted octanol–water partition coefficient (Wildman–Crippen LogP) is 4.36. The molecular formula is C19H19N3OS2. The monoisotopic (exact) mass is 369 g/mol. The van der Waals surface area contributed by atoms with Crippen LogP contribution in [-0.2, 0) is 12.8 Å². The zero-order chi connectivity index (χ0) is 17.2. The number of amides is 1. The van der Waals surface area contributed by atoms with E-state index in [1.807, 2.05) is 31.2 Å². The summed E-state index contributed by atoms with van der Waals surface area (Å²) in [5, 5.41) is 5.16. The van der Waals surface area contributed by atoms with E-state index in [4.69, 9.17) is 0 Å². The van der Waals surface area contributed by atoms with Gasteiger partial charge in [-0.25, -0.2) is 9.97 Å². The van der Waals surface area contributed by atoms with E-state index in [9.17, 15) is 4.79 Å². The van der Waals surface area contributed by atoms with Crippen molar-refractivity contribution in [1.29, 1.82) is 0 Å². The van der Waals surface area contributed by atoms with Crippen LogP contribution in [0.3, 0.4) is 0 Å². The highest BCUT2D eigenvalue weighted by Crippen LogP contribution is 2.38. The fraction of sp³-hybridized carbons (Fsp3) is 0.316. The third-order valence-electron chi connectivity index (χ3n) is 4.47. The van der Waals surface area contributed by atoms with Crippen molar-refractivity contribution in [2.45, 2.75) is 37.6 Å². The van der Waals surface area contributed by atoms with Crippen molar-refractivity contribution in [2.24, 2.45) is 0 Å². The molecule has 6 heteroatoms. The van der Waals surface area contributed by atoms with Gasteiger partial charge in [0.15, 0.2) is 0 Å². The summed E-state index contributed by atoms with van der Waals surface area (Å²) in [4.78, 5) is 23.7. The lowest BCUT2D eigenvalue weighted by Gasteiger charge is -2.11. The number of carbonyl (C=O) groups is 1. The number of aryl methyl sites for hydroxylation is 3. The van der Waals surface area contributed by atoms with Gasteiger partial charge in [-0.3, -0.25) is 4.79 Å². The number of thiophene rings is 1. The number of aromatic nitrogens is 2. The van der Waals surface area contributed by atoms with Crippen LogP contribution < -0.4 is 5.32 Å². The van der Waals surface area contributed by atoms with Crippen LogP contribution in [-0.4, -0.2) is 21.8 Å². The van der Waals surface area contributed by atoms with Crippen LogP contribution in [0.1, 0.15) is 39.2 Å². The Bertz CT molecular complexity index is 918. The van der Waals surface area contributed by atoms with Crippen LogP contribution >= 0.6 is 23.1 Å². The first-order valence-electron chi connectivity index (χ1n) is 8.45. The van der Waals surface area contributed by atoms with Crippen molar-refractivity contribution < 1.29 is 4.79 Å². The van der Waals surface area contributed by atoms with Crippen molar-refractivity contribution >= 4 is 39.2 Å². The maximum atomic E-state index is 12.2. The van der Waals surface area contributed by atoms with Gasteiger partial charge in [0.05, 0.1) is 5.88 Å². The number of hydrogen-bond donors (Lipinski definition) is 1. The van der Waals surface area contributed by atoms with Gasteiger partial charge in [-0.15, -0.1) is 11.3 Å². The molecule has 0 aliphatic heterocycles. The third kappa shape index (κ3) is 3.41. The summed E-state index contributed by atoms with van der Waals surface area (Å²) in [5.41, 5.74) is 3.27. The van der Waals surface area contributed by atoms with Crippen LogP contribution in [0.4, 0.5) is 0 Å². The van der Waals surface area contributed by atoms with Gasteiger partial charge < -0.3 is 5.32 Å². The van der Waals surface area contributed by atoms with Gasteiger partial charge in [0.2, 0.25) is 0 Å². The zero-order valence-corrected chi connectivity index (χ0v) is 15.7. The Hall–Kier alpha value is -1.92. The van der Waals surface area contributed by atoms with E-state index in [0.717, 1.165) is 28.3 Å². The summed E-state index contributed by atoms with van der Waals surface area (Å²) in [6.07, 6.45) is 6.41. The number of nitrogens with one attached hydrogen (secondary N) is 1. The van der Waals surface area contributed by atoms with Crippen molar-refractivity contribution in [1.82, 2.24) is 15.3 Å². The minimum absolute atomic E-state index is 0.0508. The highest BCUT2D eigenvalue weighted by Gasteiger charge is 2.20. The standard InChI is InChI=1S/C19H19N3OS2/c1-12-6-8-13(9-7-12)17(23)22-11-24-18-16-14-4-2-3-5-15(14)25-19(16)21-10-20-18/h6-10H,2-5,11H2,1H3,(H,22,23). The molecule has 2 heterocycles. The Kier molecular flexibility index (Phi) is 4.72. The first kappa shape index (κ1) is 16.5. The number of fused-ring (bicyclic) bond motifs is 3. The number of hydrogen-bond acceptors (Lipinski definition) is 5. The SMILES string of the molecule is Cc1ccc(C(=O)NCSc2ncnc3sc4c(c23)CCCC4)cc1. The summed E-state index contributed by atoms with van der Waals surface area (Å²) >= 11 is 3.38. The van der Waals surface area contributed by atoms with Gasteiger partial charge in [0, 0.05) is 15.8 Å². The average Bonchev–Trinajstić information content (AvgIpc) is 3.01. The van der Waals surface area contributed by atoms with E-state index in [-0.39, 0.29) is 5.91 Å². The van der Waals surface area contributed by atoms with Gasteiger partial charge in [-0.2, -0.15) is 0 Å².